The standard InChI is InChI=1S/C19H21N5OS/c1-4-24(5-2)14-6-7-15(13(3)10-14)22-18(25)17-12-26-19(23-17)16-11-20-8-9-21-16/h6-12H,4-5H2,1-3H3,(H,22,25). The molecule has 0 aliphatic heterocycles. The lowest BCUT2D eigenvalue weighted by Gasteiger charge is -2.22. The SMILES string of the molecule is CCN(CC)c1ccc(NC(=O)c2csc(-c3cnccn3)n2)c(C)c1. The quantitative estimate of drug-likeness (QED) is 0.713. The van der Waals surface area contributed by atoms with E-state index in [0.717, 1.165) is 30.0 Å². The maximum Gasteiger partial charge on any atom is 0.275 e. The van der Waals surface area contributed by atoms with Gasteiger partial charge in [-0.3, -0.25) is 14.8 Å². The normalized spacial score (nSPS) is 10.6. The number of thiazole rings is 1. The van der Waals surface area contributed by atoms with Crippen LogP contribution in [-0.4, -0.2) is 33.9 Å². The molecule has 0 unspecified atom stereocenters. The highest BCUT2D eigenvalue weighted by molar-refractivity contribution is 7.13. The van der Waals surface area contributed by atoms with E-state index < -0.39 is 0 Å². The van der Waals surface area contributed by atoms with E-state index in [0.29, 0.717) is 16.4 Å². The van der Waals surface area contributed by atoms with E-state index in [1.807, 2.05) is 19.1 Å². The average molecular weight is 367 g/mol. The molecule has 7 heteroatoms. The van der Waals surface area contributed by atoms with Gasteiger partial charge in [0.15, 0.2) is 0 Å². The van der Waals surface area contributed by atoms with Gasteiger partial charge in [-0.25, -0.2) is 4.98 Å². The summed E-state index contributed by atoms with van der Waals surface area (Å²) in [6, 6.07) is 6.06. The summed E-state index contributed by atoms with van der Waals surface area (Å²) in [6.07, 6.45) is 4.85. The summed E-state index contributed by atoms with van der Waals surface area (Å²) in [4.78, 5) is 27.4. The van der Waals surface area contributed by atoms with Crippen molar-refractivity contribution in [2.24, 2.45) is 0 Å². The zero-order chi connectivity index (χ0) is 18.5. The van der Waals surface area contributed by atoms with Crippen molar-refractivity contribution in [1.29, 1.82) is 0 Å². The summed E-state index contributed by atoms with van der Waals surface area (Å²) < 4.78 is 0. The Labute approximate surface area is 157 Å². The molecule has 3 rings (SSSR count). The highest BCUT2D eigenvalue weighted by atomic mass is 32.1. The Morgan fingerprint density at radius 1 is 1.23 bits per heavy atom. The molecule has 0 atom stereocenters. The van der Waals surface area contributed by atoms with Crippen molar-refractivity contribution in [2.45, 2.75) is 20.8 Å². The maximum absolute atomic E-state index is 12.5. The Kier molecular flexibility index (Phi) is 5.58. The first kappa shape index (κ1) is 18.0. The van der Waals surface area contributed by atoms with Gasteiger partial charge in [0.05, 0.1) is 6.20 Å². The summed E-state index contributed by atoms with van der Waals surface area (Å²) in [5.41, 5.74) is 4.01. The summed E-state index contributed by atoms with van der Waals surface area (Å²) >= 11 is 1.38. The number of rotatable bonds is 6. The van der Waals surface area contributed by atoms with E-state index in [2.05, 4.69) is 45.1 Å². The predicted molar refractivity (Wildman–Crippen MR) is 106 cm³/mol. The molecule has 1 amide bonds. The molecule has 0 aliphatic rings. The van der Waals surface area contributed by atoms with Gasteiger partial charge in [0.25, 0.3) is 5.91 Å². The average Bonchev–Trinajstić information content (AvgIpc) is 3.16. The van der Waals surface area contributed by atoms with E-state index in [9.17, 15) is 4.79 Å². The summed E-state index contributed by atoms with van der Waals surface area (Å²) in [6.45, 7) is 8.16. The number of aromatic nitrogens is 3. The fourth-order valence-electron chi connectivity index (χ4n) is 2.67. The third-order valence-electron chi connectivity index (χ3n) is 4.11. The lowest BCUT2D eigenvalue weighted by atomic mass is 10.1. The molecule has 0 aliphatic carbocycles. The first-order valence-corrected chi connectivity index (χ1v) is 9.39. The molecule has 134 valence electrons. The van der Waals surface area contributed by atoms with Crippen molar-refractivity contribution >= 4 is 28.6 Å². The van der Waals surface area contributed by atoms with Crippen molar-refractivity contribution in [1.82, 2.24) is 15.0 Å². The van der Waals surface area contributed by atoms with Crippen LogP contribution >= 0.6 is 11.3 Å². The fraction of sp³-hybridized carbons (Fsp3) is 0.263. The molecule has 0 radical (unpaired) electrons. The van der Waals surface area contributed by atoms with Gasteiger partial charge in [0, 0.05) is 42.2 Å². The number of anilines is 2. The number of hydrogen-bond acceptors (Lipinski definition) is 6. The van der Waals surface area contributed by atoms with Crippen LogP contribution in [0.15, 0.2) is 42.2 Å². The maximum atomic E-state index is 12.5. The van der Waals surface area contributed by atoms with Gasteiger partial charge >= 0.3 is 0 Å². The first-order valence-electron chi connectivity index (χ1n) is 8.51. The second-order valence-electron chi connectivity index (χ2n) is 5.75. The van der Waals surface area contributed by atoms with E-state index in [1.54, 1.807) is 24.0 Å². The monoisotopic (exact) mass is 367 g/mol. The van der Waals surface area contributed by atoms with E-state index in [4.69, 9.17) is 0 Å². The molecule has 0 saturated carbocycles. The van der Waals surface area contributed by atoms with Crippen LogP contribution < -0.4 is 10.2 Å². The second kappa shape index (κ2) is 8.05. The van der Waals surface area contributed by atoms with Crippen molar-refractivity contribution in [3.8, 4) is 10.7 Å². The van der Waals surface area contributed by atoms with Crippen LogP contribution in [-0.2, 0) is 0 Å². The Balaban J connectivity index is 1.75. The zero-order valence-electron chi connectivity index (χ0n) is 15.1. The number of nitrogens with one attached hydrogen (secondary N) is 1. The molecule has 2 heterocycles. The van der Waals surface area contributed by atoms with Gasteiger partial charge in [-0.05, 0) is 44.5 Å². The van der Waals surface area contributed by atoms with Gasteiger partial charge < -0.3 is 10.2 Å². The molecule has 0 saturated heterocycles. The lowest BCUT2D eigenvalue weighted by molar-refractivity contribution is 0.102. The van der Waals surface area contributed by atoms with Gasteiger partial charge in [0.2, 0.25) is 0 Å². The van der Waals surface area contributed by atoms with E-state index in [1.165, 1.54) is 11.3 Å². The summed E-state index contributed by atoms with van der Waals surface area (Å²) in [5, 5.41) is 5.36. The van der Waals surface area contributed by atoms with Gasteiger partial charge in [-0.2, -0.15) is 0 Å². The van der Waals surface area contributed by atoms with Crippen molar-refractivity contribution in [3.63, 3.8) is 0 Å². The minimum Gasteiger partial charge on any atom is -0.372 e. The molecule has 0 spiro atoms. The highest BCUT2D eigenvalue weighted by Crippen LogP contribution is 2.25. The molecular weight excluding hydrogens is 346 g/mol. The van der Waals surface area contributed by atoms with E-state index >= 15 is 0 Å². The number of carbonyl (C=O) groups is 1. The van der Waals surface area contributed by atoms with Gasteiger partial charge in [0.1, 0.15) is 16.4 Å². The second-order valence-corrected chi connectivity index (χ2v) is 6.61. The van der Waals surface area contributed by atoms with Gasteiger partial charge in [-0.15, -0.1) is 11.3 Å². The fourth-order valence-corrected chi connectivity index (χ4v) is 3.43. The number of aryl methyl sites for hydroxylation is 1. The zero-order valence-corrected chi connectivity index (χ0v) is 15.9. The van der Waals surface area contributed by atoms with Crippen molar-refractivity contribution in [3.05, 3.63) is 53.4 Å². The topological polar surface area (TPSA) is 71.0 Å². The third-order valence-corrected chi connectivity index (χ3v) is 4.97. The molecule has 3 aromatic rings. The van der Waals surface area contributed by atoms with Crippen LogP contribution in [0.5, 0.6) is 0 Å². The van der Waals surface area contributed by atoms with Crippen LogP contribution in [0.4, 0.5) is 11.4 Å². The van der Waals surface area contributed by atoms with Crippen LogP contribution in [0.25, 0.3) is 10.7 Å². The Bertz CT molecular complexity index is 890. The molecule has 1 aromatic carbocycles. The highest BCUT2D eigenvalue weighted by Gasteiger charge is 2.14. The van der Waals surface area contributed by atoms with Crippen LogP contribution in [0.3, 0.4) is 0 Å². The molecule has 0 bridgehead atoms. The number of hydrogen-bond donors (Lipinski definition) is 1. The molecule has 2 aromatic heterocycles. The Morgan fingerprint density at radius 3 is 2.69 bits per heavy atom. The van der Waals surface area contributed by atoms with E-state index in [-0.39, 0.29) is 5.91 Å². The third kappa shape index (κ3) is 3.88. The number of amides is 1. The number of benzene rings is 1. The molecule has 1 N–H and O–H groups in total. The number of nitrogens with zero attached hydrogens (tertiary/aromatic N) is 4. The molecular formula is C19H21N5OS. The van der Waals surface area contributed by atoms with Crippen LogP contribution in [0, 0.1) is 6.92 Å². The molecule has 0 fully saturated rings. The largest absolute Gasteiger partial charge is 0.372 e. The van der Waals surface area contributed by atoms with Crippen molar-refractivity contribution in [2.75, 3.05) is 23.3 Å². The molecule has 6 nitrogen and oxygen atoms in total. The summed E-state index contributed by atoms with van der Waals surface area (Å²) in [5.74, 6) is -0.227. The summed E-state index contributed by atoms with van der Waals surface area (Å²) in [7, 11) is 0. The lowest BCUT2D eigenvalue weighted by Crippen LogP contribution is -2.22. The first-order chi connectivity index (χ1) is 12.6. The Hall–Kier alpha value is -2.80. The number of carbonyl (C=O) groups excluding carboxylic acids is 1. The minimum absolute atomic E-state index is 0.227. The van der Waals surface area contributed by atoms with Crippen LogP contribution in [0.1, 0.15) is 29.9 Å². The predicted octanol–water partition coefficient (Wildman–Crippen LogP) is 4.01. The Morgan fingerprint density at radius 2 is 2.04 bits per heavy atom. The minimum atomic E-state index is -0.227. The van der Waals surface area contributed by atoms with Crippen molar-refractivity contribution < 1.29 is 4.79 Å². The van der Waals surface area contributed by atoms with Crippen LogP contribution in [0.2, 0.25) is 0 Å². The smallest absolute Gasteiger partial charge is 0.275 e. The molecule has 26 heavy (non-hydrogen) atoms. The van der Waals surface area contributed by atoms with Gasteiger partial charge in [-0.1, -0.05) is 0 Å².